The first-order valence-corrected chi connectivity index (χ1v) is 17.8. The summed E-state index contributed by atoms with van der Waals surface area (Å²) in [6, 6.07) is 16.0. The lowest BCUT2D eigenvalue weighted by Crippen LogP contribution is -2.40. The summed E-state index contributed by atoms with van der Waals surface area (Å²) in [5.74, 6) is -5.92. The van der Waals surface area contributed by atoms with Gasteiger partial charge in [0.1, 0.15) is 11.0 Å². The van der Waals surface area contributed by atoms with Crippen molar-refractivity contribution in [2.45, 2.75) is 34.8 Å². The molecule has 0 heterocycles. The molecule has 0 amide bonds. The SMILES string of the molecule is CCOC(=O)C1=C(O)[C@H](S(=O)(=O)c2ccc(Cl)cc2)C(CS(=O)(=O)c2ccc(Cl)cc2)=C(C(=O)OCC)[C@@H]1c1ccccc1Cl. The van der Waals surface area contributed by atoms with Crippen molar-refractivity contribution >= 4 is 66.4 Å². The molecule has 45 heavy (non-hydrogen) atoms. The van der Waals surface area contributed by atoms with E-state index in [4.69, 9.17) is 44.3 Å². The van der Waals surface area contributed by atoms with Crippen LogP contribution in [0.5, 0.6) is 0 Å². The van der Waals surface area contributed by atoms with Gasteiger partial charge in [-0.15, -0.1) is 0 Å². The van der Waals surface area contributed by atoms with E-state index < -0.39 is 71.0 Å². The average molecular weight is 714 g/mol. The number of carbonyl (C=O) groups excluding carboxylic acids is 2. The maximum Gasteiger partial charge on any atom is 0.338 e. The van der Waals surface area contributed by atoms with E-state index in [-0.39, 0.29) is 43.6 Å². The molecule has 0 fully saturated rings. The lowest BCUT2D eigenvalue weighted by Gasteiger charge is -2.34. The fourth-order valence-electron chi connectivity index (χ4n) is 5.01. The molecule has 238 valence electrons. The highest BCUT2D eigenvalue weighted by molar-refractivity contribution is 7.93. The third-order valence-corrected chi connectivity index (χ3v) is 11.5. The number of hydrogen-bond donors (Lipinski definition) is 1. The monoisotopic (exact) mass is 712 g/mol. The molecular weight excluding hydrogens is 687 g/mol. The van der Waals surface area contributed by atoms with Crippen molar-refractivity contribution in [1.29, 1.82) is 0 Å². The number of rotatable bonds is 10. The molecule has 0 saturated carbocycles. The zero-order valence-electron chi connectivity index (χ0n) is 23.9. The maximum absolute atomic E-state index is 14.3. The summed E-state index contributed by atoms with van der Waals surface area (Å²) < 4.78 is 66.9. The second kappa shape index (κ2) is 14.0. The standard InChI is InChI=1S/C31H27Cl3O9S2/c1-3-42-30(36)26-23(17-44(38,39)20-13-9-18(32)10-14-20)29(45(40,41)21-15-11-19(33)12-16-21)28(35)27(31(37)43-4-2)25(26)22-7-5-6-8-24(22)34/h5-16,25,29,35H,3-4,17H2,1-2H3/t25-,29+/m0/s1. The average Bonchev–Trinajstić information content (AvgIpc) is 2.97. The van der Waals surface area contributed by atoms with Gasteiger partial charge >= 0.3 is 11.9 Å². The van der Waals surface area contributed by atoms with Gasteiger partial charge in [0.15, 0.2) is 19.7 Å². The highest BCUT2D eigenvalue weighted by atomic mass is 35.5. The zero-order chi connectivity index (χ0) is 33.1. The Morgan fingerprint density at radius 2 is 1.22 bits per heavy atom. The predicted octanol–water partition coefficient (Wildman–Crippen LogP) is 6.30. The minimum Gasteiger partial charge on any atom is -0.510 e. The molecule has 0 saturated heterocycles. The fraction of sp³-hybridized carbons (Fsp3) is 0.226. The van der Waals surface area contributed by atoms with Crippen LogP contribution in [-0.2, 0) is 38.7 Å². The number of hydrogen-bond acceptors (Lipinski definition) is 9. The van der Waals surface area contributed by atoms with Crippen LogP contribution in [0.3, 0.4) is 0 Å². The molecule has 4 rings (SSSR count). The van der Waals surface area contributed by atoms with E-state index in [1.54, 1.807) is 12.1 Å². The van der Waals surface area contributed by atoms with E-state index in [2.05, 4.69) is 0 Å². The molecule has 1 aliphatic rings. The Balaban J connectivity index is 2.16. The Bertz CT molecular complexity index is 1900. The molecule has 0 aromatic heterocycles. The number of esters is 2. The summed E-state index contributed by atoms with van der Waals surface area (Å²) in [4.78, 5) is 26.8. The number of halogens is 3. The van der Waals surface area contributed by atoms with Gasteiger partial charge in [-0.2, -0.15) is 0 Å². The van der Waals surface area contributed by atoms with Crippen LogP contribution in [-0.4, -0.2) is 58.1 Å². The van der Waals surface area contributed by atoms with Gasteiger partial charge in [-0.1, -0.05) is 53.0 Å². The second-order valence-corrected chi connectivity index (χ2v) is 15.0. The molecule has 14 heteroatoms. The van der Waals surface area contributed by atoms with Gasteiger partial charge < -0.3 is 14.6 Å². The van der Waals surface area contributed by atoms with Gasteiger partial charge in [0.25, 0.3) is 0 Å². The number of carbonyl (C=O) groups is 2. The van der Waals surface area contributed by atoms with Crippen LogP contribution in [0.4, 0.5) is 0 Å². The van der Waals surface area contributed by atoms with E-state index in [1.165, 1.54) is 62.4 Å². The van der Waals surface area contributed by atoms with Gasteiger partial charge in [0.2, 0.25) is 0 Å². The number of aliphatic hydroxyl groups is 1. The molecule has 3 aromatic rings. The van der Waals surface area contributed by atoms with Crippen molar-refractivity contribution in [2.75, 3.05) is 19.0 Å². The van der Waals surface area contributed by atoms with Crippen LogP contribution in [0.2, 0.25) is 15.1 Å². The molecular formula is C31H27Cl3O9S2. The Kier molecular flexibility index (Phi) is 10.7. The summed E-state index contributed by atoms with van der Waals surface area (Å²) in [5.41, 5.74) is -1.54. The first-order valence-electron chi connectivity index (χ1n) is 13.5. The molecule has 0 aliphatic heterocycles. The summed E-state index contributed by atoms with van der Waals surface area (Å²) in [7, 11) is -9.20. The number of benzene rings is 3. The Morgan fingerprint density at radius 3 is 1.73 bits per heavy atom. The van der Waals surface area contributed by atoms with E-state index >= 15 is 0 Å². The summed E-state index contributed by atoms with van der Waals surface area (Å²) >= 11 is 18.5. The van der Waals surface area contributed by atoms with Gasteiger partial charge in [-0.25, -0.2) is 26.4 Å². The molecule has 0 spiro atoms. The van der Waals surface area contributed by atoms with Crippen molar-refractivity contribution in [3.63, 3.8) is 0 Å². The molecule has 1 N–H and O–H groups in total. The third-order valence-electron chi connectivity index (χ3n) is 6.94. The topological polar surface area (TPSA) is 141 Å². The van der Waals surface area contributed by atoms with Crippen LogP contribution in [0, 0.1) is 0 Å². The smallest absolute Gasteiger partial charge is 0.338 e. The van der Waals surface area contributed by atoms with Crippen LogP contribution in [0.15, 0.2) is 105 Å². The lowest BCUT2D eigenvalue weighted by molar-refractivity contribution is -0.139. The maximum atomic E-state index is 14.3. The van der Waals surface area contributed by atoms with Crippen LogP contribution in [0.25, 0.3) is 0 Å². The van der Waals surface area contributed by atoms with Crippen LogP contribution in [0.1, 0.15) is 25.3 Å². The van der Waals surface area contributed by atoms with Gasteiger partial charge in [0.05, 0.1) is 45.8 Å². The van der Waals surface area contributed by atoms with Crippen molar-refractivity contribution in [3.05, 3.63) is 116 Å². The molecule has 1 aliphatic carbocycles. The van der Waals surface area contributed by atoms with Crippen molar-refractivity contribution in [3.8, 4) is 0 Å². The van der Waals surface area contributed by atoms with Crippen molar-refractivity contribution in [2.24, 2.45) is 0 Å². The molecule has 2 atom stereocenters. The Labute approximate surface area is 275 Å². The minimum absolute atomic E-state index is 0.0396. The molecule has 3 aromatic carbocycles. The summed E-state index contributed by atoms with van der Waals surface area (Å²) in [6.07, 6.45) is 0. The normalized spacial score (nSPS) is 17.3. The number of sulfone groups is 2. The zero-order valence-corrected chi connectivity index (χ0v) is 27.8. The first-order chi connectivity index (χ1) is 21.2. The van der Waals surface area contributed by atoms with Crippen molar-refractivity contribution in [1.82, 2.24) is 0 Å². The molecule has 0 bridgehead atoms. The van der Waals surface area contributed by atoms with Gasteiger partial charge in [-0.3, -0.25) is 0 Å². The van der Waals surface area contributed by atoms with Crippen molar-refractivity contribution < 1.29 is 41.0 Å². The lowest BCUT2D eigenvalue weighted by atomic mass is 9.76. The van der Waals surface area contributed by atoms with Gasteiger partial charge in [-0.05, 0) is 79.6 Å². The van der Waals surface area contributed by atoms with Crippen LogP contribution < -0.4 is 0 Å². The fourth-order valence-corrected chi connectivity index (χ4v) is 8.86. The molecule has 9 nitrogen and oxygen atoms in total. The minimum atomic E-state index is -4.78. The van der Waals surface area contributed by atoms with E-state index in [1.807, 2.05) is 0 Å². The summed E-state index contributed by atoms with van der Waals surface area (Å²) in [6.45, 7) is 2.64. The molecule has 0 radical (unpaired) electrons. The van der Waals surface area contributed by atoms with E-state index in [0.717, 1.165) is 12.1 Å². The Hall–Kier alpha value is -3.35. The highest BCUT2D eigenvalue weighted by Crippen LogP contribution is 2.47. The quantitative estimate of drug-likeness (QED) is 0.240. The third kappa shape index (κ3) is 7.07. The number of aliphatic hydroxyl groups excluding tert-OH is 1. The highest BCUT2D eigenvalue weighted by Gasteiger charge is 2.50. The Morgan fingerprint density at radius 1 is 0.733 bits per heavy atom. The first kappa shape index (κ1) is 34.5. The largest absolute Gasteiger partial charge is 0.510 e. The summed E-state index contributed by atoms with van der Waals surface area (Å²) in [5, 5.41) is 10.1. The number of ether oxygens (including phenoxy) is 2. The van der Waals surface area contributed by atoms with Crippen LogP contribution >= 0.6 is 34.8 Å². The second-order valence-electron chi connectivity index (χ2n) is 9.73. The van der Waals surface area contributed by atoms with E-state index in [0.29, 0.717) is 0 Å². The predicted molar refractivity (Wildman–Crippen MR) is 170 cm³/mol. The molecule has 0 unspecified atom stereocenters. The van der Waals surface area contributed by atoms with Gasteiger partial charge in [0, 0.05) is 15.1 Å². The van der Waals surface area contributed by atoms with E-state index in [9.17, 15) is 31.5 Å².